The fourth-order valence-electron chi connectivity index (χ4n) is 6.42. The molecule has 0 unspecified atom stereocenters. The number of hydrogen-bond donors (Lipinski definition) is 1. The highest BCUT2D eigenvalue weighted by molar-refractivity contribution is 7.12. The normalized spacial score (nSPS) is 17.1. The van der Waals surface area contributed by atoms with Crippen LogP contribution in [0, 0.1) is 0 Å². The number of carbonyl (C=O) groups is 2. The second-order valence-electron chi connectivity index (χ2n) is 11.0. The Bertz CT molecular complexity index is 1160. The van der Waals surface area contributed by atoms with Crippen LogP contribution in [0.5, 0.6) is 0 Å². The van der Waals surface area contributed by atoms with Gasteiger partial charge in [-0.15, -0.1) is 11.3 Å². The SMILES string of the molecule is O=C(NCCCCCc1nc2ccccc2n1CC(=O)N(C1CCCCC1)C1CCCCC1)c1cccs1. The van der Waals surface area contributed by atoms with Gasteiger partial charge in [-0.25, -0.2) is 4.98 Å². The molecule has 204 valence electrons. The van der Waals surface area contributed by atoms with Gasteiger partial charge in [0.2, 0.25) is 5.91 Å². The van der Waals surface area contributed by atoms with E-state index in [1.165, 1.54) is 49.9 Å². The Kier molecular flexibility index (Phi) is 9.50. The van der Waals surface area contributed by atoms with Crippen molar-refractivity contribution in [2.75, 3.05) is 6.54 Å². The van der Waals surface area contributed by atoms with E-state index in [1.54, 1.807) is 0 Å². The predicted octanol–water partition coefficient (Wildman–Crippen LogP) is 6.73. The minimum absolute atomic E-state index is 0.0146. The summed E-state index contributed by atoms with van der Waals surface area (Å²) in [4.78, 5) is 34.2. The number of aromatic nitrogens is 2. The molecule has 0 radical (unpaired) electrons. The van der Waals surface area contributed by atoms with E-state index < -0.39 is 0 Å². The third kappa shape index (κ3) is 6.66. The van der Waals surface area contributed by atoms with Crippen molar-refractivity contribution in [3.63, 3.8) is 0 Å². The Morgan fingerprint density at radius 2 is 1.61 bits per heavy atom. The molecule has 2 aromatic heterocycles. The molecule has 6 nitrogen and oxygen atoms in total. The molecule has 0 saturated heterocycles. The summed E-state index contributed by atoms with van der Waals surface area (Å²) in [5, 5.41) is 4.94. The van der Waals surface area contributed by atoms with Gasteiger partial charge in [-0.2, -0.15) is 0 Å². The van der Waals surface area contributed by atoms with Crippen LogP contribution in [-0.2, 0) is 17.8 Å². The molecular weight excluding hydrogens is 492 g/mol. The Morgan fingerprint density at radius 3 is 2.29 bits per heavy atom. The molecule has 3 aromatic rings. The van der Waals surface area contributed by atoms with E-state index in [0.29, 0.717) is 25.2 Å². The number of fused-ring (bicyclic) bond motifs is 1. The molecule has 1 N–H and O–H groups in total. The van der Waals surface area contributed by atoms with Crippen LogP contribution in [0.3, 0.4) is 0 Å². The lowest BCUT2D eigenvalue weighted by Crippen LogP contribution is -2.50. The third-order valence-corrected chi connectivity index (χ3v) is 9.23. The first-order chi connectivity index (χ1) is 18.7. The summed E-state index contributed by atoms with van der Waals surface area (Å²) in [6.07, 6.45) is 16.0. The highest BCUT2D eigenvalue weighted by Gasteiger charge is 2.33. The zero-order valence-electron chi connectivity index (χ0n) is 22.6. The number of hydrogen-bond acceptors (Lipinski definition) is 4. The number of thiophene rings is 1. The minimum Gasteiger partial charge on any atom is -0.351 e. The van der Waals surface area contributed by atoms with Crippen LogP contribution < -0.4 is 5.32 Å². The zero-order valence-corrected chi connectivity index (χ0v) is 23.4. The highest BCUT2D eigenvalue weighted by Crippen LogP contribution is 2.31. The number of aryl methyl sites for hydroxylation is 1. The molecule has 2 amide bonds. The summed E-state index contributed by atoms with van der Waals surface area (Å²) in [6, 6.07) is 12.8. The lowest BCUT2D eigenvalue weighted by molar-refractivity contribution is -0.138. The summed E-state index contributed by atoms with van der Waals surface area (Å²) >= 11 is 1.47. The Morgan fingerprint density at radius 1 is 0.895 bits per heavy atom. The molecule has 2 aliphatic rings. The molecule has 0 atom stereocenters. The van der Waals surface area contributed by atoms with E-state index in [9.17, 15) is 9.59 Å². The van der Waals surface area contributed by atoms with Gasteiger partial charge >= 0.3 is 0 Å². The molecular formula is C31H42N4O2S. The van der Waals surface area contributed by atoms with Crippen molar-refractivity contribution < 1.29 is 9.59 Å². The van der Waals surface area contributed by atoms with E-state index in [0.717, 1.165) is 73.1 Å². The van der Waals surface area contributed by atoms with Crippen molar-refractivity contribution in [3.8, 4) is 0 Å². The summed E-state index contributed by atoms with van der Waals surface area (Å²) in [5.74, 6) is 1.31. The lowest BCUT2D eigenvalue weighted by Gasteiger charge is -2.42. The molecule has 2 aliphatic carbocycles. The standard InChI is InChI=1S/C31H42N4O2S/c36-30(35(24-13-4-1-5-14-24)25-15-6-2-7-16-25)23-34-27-18-10-9-17-26(27)33-29(34)20-8-3-11-21-32-31(37)28-19-12-22-38-28/h9-10,12,17-19,22,24-25H,1-8,11,13-16,20-21,23H2,(H,32,37). The average molecular weight is 535 g/mol. The van der Waals surface area contributed by atoms with Crippen molar-refractivity contribution in [2.45, 2.75) is 109 Å². The molecule has 0 aliphatic heterocycles. The molecule has 7 heteroatoms. The second-order valence-corrected chi connectivity index (χ2v) is 12.0. The molecule has 38 heavy (non-hydrogen) atoms. The van der Waals surface area contributed by atoms with E-state index in [4.69, 9.17) is 4.98 Å². The highest BCUT2D eigenvalue weighted by atomic mass is 32.1. The van der Waals surface area contributed by atoms with Crippen LogP contribution in [0.15, 0.2) is 41.8 Å². The van der Waals surface area contributed by atoms with Crippen LogP contribution in [0.1, 0.15) is 99.0 Å². The van der Waals surface area contributed by atoms with Crippen molar-refractivity contribution in [1.82, 2.24) is 19.8 Å². The summed E-state index contributed by atoms with van der Waals surface area (Å²) in [7, 11) is 0. The largest absolute Gasteiger partial charge is 0.351 e. The average Bonchev–Trinajstić information content (AvgIpc) is 3.61. The number of rotatable bonds is 11. The van der Waals surface area contributed by atoms with Gasteiger partial charge in [0.25, 0.3) is 5.91 Å². The lowest BCUT2D eigenvalue weighted by atomic mass is 9.88. The van der Waals surface area contributed by atoms with Crippen LogP contribution in [0.4, 0.5) is 0 Å². The first-order valence-electron chi connectivity index (χ1n) is 14.8. The molecule has 1 aromatic carbocycles. The van der Waals surface area contributed by atoms with Gasteiger partial charge in [-0.1, -0.05) is 63.1 Å². The fourth-order valence-corrected chi connectivity index (χ4v) is 7.06. The summed E-state index contributed by atoms with van der Waals surface area (Å²) in [5.41, 5.74) is 2.03. The number of unbranched alkanes of at least 4 members (excludes halogenated alkanes) is 2. The van der Waals surface area contributed by atoms with E-state index in [-0.39, 0.29) is 11.8 Å². The second kappa shape index (κ2) is 13.4. The monoisotopic (exact) mass is 534 g/mol. The van der Waals surface area contributed by atoms with Crippen molar-refractivity contribution in [2.24, 2.45) is 0 Å². The molecule has 2 fully saturated rings. The first-order valence-corrected chi connectivity index (χ1v) is 15.7. The molecule has 2 saturated carbocycles. The quantitative estimate of drug-likeness (QED) is 0.277. The van der Waals surface area contributed by atoms with Crippen LogP contribution in [0.2, 0.25) is 0 Å². The fraction of sp³-hybridized carbons (Fsp3) is 0.581. The number of nitrogens with one attached hydrogen (secondary N) is 1. The van der Waals surface area contributed by atoms with Gasteiger partial charge in [0.1, 0.15) is 12.4 Å². The molecule has 5 rings (SSSR count). The topological polar surface area (TPSA) is 67.2 Å². The van der Waals surface area contributed by atoms with E-state index in [2.05, 4.69) is 26.9 Å². The number of para-hydroxylation sites is 2. The Labute approximate surface area is 230 Å². The van der Waals surface area contributed by atoms with Crippen molar-refractivity contribution in [3.05, 3.63) is 52.5 Å². The maximum atomic E-state index is 14.0. The smallest absolute Gasteiger partial charge is 0.261 e. The third-order valence-electron chi connectivity index (χ3n) is 8.36. The molecule has 0 bridgehead atoms. The van der Waals surface area contributed by atoms with Crippen LogP contribution >= 0.6 is 11.3 Å². The van der Waals surface area contributed by atoms with Gasteiger partial charge < -0.3 is 14.8 Å². The molecule has 0 spiro atoms. The van der Waals surface area contributed by atoms with Crippen molar-refractivity contribution >= 4 is 34.2 Å². The number of amides is 2. The zero-order chi connectivity index (χ0) is 26.2. The maximum Gasteiger partial charge on any atom is 0.261 e. The minimum atomic E-state index is 0.0146. The van der Waals surface area contributed by atoms with Crippen molar-refractivity contribution in [1.29, 1.82) is 0 Å². The maximum absolute atomic E-state index is 14.0. The van der Waals surface area contributed by atoms with Gasteiger partial charge in [0, 0.05) is 25.0 Å². The number of benzene rings is 1. The number of imidazole rings is 1. The number of carbonyl (C=O) groups excluding carboxylic acids is 2. The van der Waals surface area contributed by atoms with Gasteiger partial charge in [0.15, 0.2) is 0 Å². The molecule has 2 heterocycles. The number of nitrogens with zero attached hydrogens (tertiary/aromatic N) is 3. The summed E-state index contributed by atoms with van der Waals surface area (Å²) < 4.78 is 2.19. The van der Waals surface area contributed by atoms with Gasteiger partial charge in [-0.05, 0) is 62.1 Å². The first kappa shape index (κ1) is 26.9. The van der Waals surface area contributed by atoms with Crippen LogP contribution in [-0.4, -0.2) is 44.9 Å². The Balaban J connectivity index is 1.23. The van der Waals surface area contributed by atoms with Gasteiger partial charge in [-0.3, -0.25) is 9.59 Å². The Hall–Kier alpha value is -2.67. The predicted molar refractivity (Wildman–Crippen MR) is 155 cm³/mol. The summed E-state index contributed by atoms with van der Waals surface area (Å²) in [6.45, 7) is 1.07. The van der Waals surface area contributed by atoms with E-state index >= 15 is 0 Å². The van der Waals surface area contributed by atoms with Gasteiger partial charge in [0.05, 0.1) is 15.9 Å². The van der Waals surface area contributed by atoms with Crippen LogP contribution in [0.25, 0.3) is 11.0 Å². The van der Waals surface area contributed by atoms with E-state index in [1.807, 2.05) is 29.6 Å².